The van der Waals surface area contributed by atoms with Gasteiger partial charge in [0.15, 0.2) is 0 Å². The molecule has 2 nitrogen and oxygen atoms in total. The topological polar surface area (TPSA) is 34.1 Å². The monoisotopic (exact) mass is 330 g/mol. The smallest absolute Gasteiger partial charge is 0.137 e. The molecule has 0 saturated heterocycles. The second kappa shape index (κ2) is 9.08. The van der Waals surface area contributed by atoms with Gasteiger partial charge in [0, 0.05) is 51.7 Å². The minimum atomic E-state index is -0.0625. The molecule has 0 atom stereocenters. The summed E-state index contributed by atoms with van der Waals surface area (Å²) in [5.41, 5.74) is 0. The second-order valence-corrected chi connectivity index (χ2v) is 1.58. The van der Waals surface area contributed by atoms with Crippen LogP contribution in [0.25, 0.3) is 0 Å². The largest absolute Gasteiger partial charge is 0.300 e. The Kier molecular flexibility index (Phi) is 16.7. The Labute approximate surface area is 92.3 Å². The van der Waals surface area contributed by atoms with Gasteiger partial charge in [-0.3, -0.25) is 9.59 Å². The van der Waals surface area contributed by atoms with Gasteiger partial charge in [0.2, 0.25) is 0 Å². The molecule has 0 aromatic rings. The molecule has 0 aromatic heterocycles. The summed E-state index contributed by atoms with van der Waals surface area (Å²) >= 11 is 0. The molecule has 0 aromatic carbocycles. The third-order valence-electron chi connectivity index (χ3n) is 0.498. The third-order valence-corrected chi connectivity index (χ3v) is 0.498. The number of Topliss-reactive ketones (excluding diaryl/α,β-unsaturated/α-hetero) is 2. The van der Waals surface area contributed by atoms with Crippen LogP contribution in [0.2, 0.25) is 0 Å². The molecule has 0 unspecified atom stereocenters. The average Bonchev–Trinajstić information content (AvgIpc) is 1.27. The van der Waals surface area contributed by atoms with E-state index in [0.29, 0.717) is 0 Å². The second-order valence-electron chi connectivity index (χ2n) is 1.58. The van der Waals surface area contributed by atoms with E-state index >= 15 is 0 Å². The van der Waals surface area contributed by atoms with Crippen molar-refractivity contribution in [2.45, 2.75) is 20.3 Å². The van der Waals surface area contributed by atoms with Crippen molar-refractivity contribution >= 4 is 63.3 Å². The Balaban J connectivity index is -0.000000180. The number of ketones is 2. The minimum Gasteiger partial charge on any atom is -0.300 e. The Morgan fingerprint density at radius 3 is 1.22 bits per heavy atom. The molecule has 0 fully saturated rings. The maximum Gasteiger partial charge on any atom is 0.137 e. The first-order chi connectivity index (χ1) is 3.13. The number of hydrogen-bond acceptors (Lipinski definition) is 2. The van der Waals surface area contributed by atoms with Crippen LogP contribution in [0.5, 0.6) is 0 Å². The summed E-state index contributed by atoms with van der Waals surface area (Å²) in [6.07, 6.45) is 0.0833. The van der Waals surface area contributed by atoms with E-state index in [9.17, 15) is 9.59 Å². The molecule has 0 heterocycles. The van der Waals surface area contributed by atoms with E-state index in [1.807, 2.05) is 0 Å². The molecule has 0 spiro atoms. The quantitative estimate of drug-likeness (QED) is 0.657. The molecule has 0 aliphatic carbocycles. The molecule has 46 valence electrons. The fraction of sp³-hybridized carbons (Fsp3) is 0.600. The van der Waals surface area contributed by atoms with Crippen LogP contribution in [0, 0.1) is 0 Å². The summed E-state index contributed by atoms with van der Waals surface area (Å²) in [4.78, 5) is 20.1. The van der Waals surface area contributed by atoms with Gasteiger partial charge in [-0.1, -0.05) is 0 Å². The Morgan fingerprint density at radius 2 is 1.22 bits per heavy atom. The van der Waals surface area contributed by atoms with Crippen LogP contribution in [-0.4, -0.2) is 63.3 Å². The number of rotatable bonds is 2. The Bertz CT molecular complexity index is 89.1. The summed E-state index contributed by atoms with van der Waals surface area (Å²) in [5, 5.41) is 0. The molecule has 0 N–H and O–H groups in total. The summed E-state index contributed by atoms with van der Waals surface area (Å²) in [7, 11) is 0. The predicted molar refractivity (Wildman–Crippen MR) is 37.5 cm³/mol. The molecule has 0 saturated carbocycles. The van der Waals surface area contributed by atoms with Gasteiger partial charge in [-0.15, -0.1) is 0 Å². The van der Waals surface area contributed by atoms with E-state index in [4.69, 9.17) is 0 Å². The van der Waals surface area contributed by atoms with Crippen molar-refractivity contribution in [3.63, 3.8) is 0 Å². The van der Waals surface area contributed by atoms with Crippen molar-refractivity contribution in [2.24, 2.45) is 0 Å². The number of hydrogen-bond donors (Lipinski definition) is 0. The van der Waals surface area contributed by atoms with Crippen LogP contribution >= 0.6 is 0 Å². The van der Waals surface area contributed by atoms with Crippen molar-refractivity contribution in [3.05, 3.63) is 0 Å². The molecule has 0 amide bonds. The Morgan fingerprint density at radius 1 is 1.00 bits per heavy atom. The average molecular weight is 330 g/mol. The molecule has 0 aliphatic heterocycles. The van der Waals surface area contributed by atoms with Gasteiger partial charge in [-0.05, 0) is 13.8 Å². The summed E-state index contributed by atoms with van der Waals surface area (Å²) in [6, 6.07) is 0. The third kappa shape index (κ3) is 17.6. The molecule has 4 heteroatoms. The van der Waals surface area contributed by atoms with Crippen LogP contribution in [0.15, 0.2) is 0 Å². The van der Waals surface area contributed by atoms with Gasteiger partial charge in [-0.25, -0.2) is 0 Å². The van der Waals surface area contributed by atoms with Gasteiger partial charge in [0.05, 0.1) is 6.42 Å². The SMILES string of the molecule is CC(=O)CC(C)=O.[In].[In]. The van der Waals surface area contributed by atoms with Gasteiger partial charge in [-0.2, -0.15) is 0 Å². The zero-order valence-corrected chi connectivity index (χ0v) is 12.3. The summed E-state index contributed by atoms with van der Waals surface area (Å²) < 4.78 is 0. The zero-order chi connectivity index (χ0) is 5.86. The standard InChI is InChI=1S/C5H8O2.2In/c1-4(6)3-5(2)7;;/h3H2,1-2H3;;. The van der Waals surface area contributed by atoms with Gasteiger partial charge in [0.1, 0.15) is 11.6 Å². The fourth-order valence-corrected chi connectivity index (χ4v) is 0.351. The first-order valence-corrected chi connectivity index (χ1v) is 2.12. The Hall–Kier alpha value is 1.08. The van der Waals surface area contributed by atoms with Crippen LogP contribution in [-0.2, 0) is 9.59 Å². The maximum atomic E-state index is 10.0. The van der Waals surface area contributed by atoms with Crippen molar-refractivity contribution < 1.29 is 9.59 Å². The minimum absolute atomic E-state index is 0. The molecular weight excluding hydrogens is 322 g/mol. The van der Waals surface area contributed by atoms with Gasteiger partial charge >= 0.3 is 0 Å². The first kappa shape index (κ1) is 16.6. The van der Waals surface area contributed by atoms with Crippen molar-refractivity contribution in [3.8, 4) is 0 Å². The van der Waals surface area contributed by atoms with E-state index in [2.05, 4.69) is 0 Å². The predicted octanol–water partition coefficient (Wildman–Crippen LogP) is -0.207. The van der Waals surface area contributed by atoms with Crippen LogP contribution < -0.4 is 0 Å². The summed E-state index contributed by atoms with van der Waals surface area (Å²) in [5.74, 6) is -0.125. The molecule has 9 heavy (non-hydrogen) atoms. The van der Waals surface area contributed by atoms with Crippen molar-refractivity contribution in [1.82, 2.24) is 0 Å². The first-order valence-electron chi connectivity index (χ1n) is 2.12. The van der Waals surface area contributed by atoms with Crippen LogP contribution in [0.1, 0.15) is 20.3 Å². The zero-order valence-electron chi connectivity index (χ0n) is 5.68. The number of carbonyl (C=O) groups is 2. The van der Waals surface area contributed by atoms with Crippen molar-refractivity contribution in [1.29, 1.82) is 0 Å². The van der Waals surface area contributed by atoms with E-state index < -0.39 is 0 Å². The van der Waals surface area contributed by atoms with Crippen LogP contribution in [0.3, 0.4) is 0 Å². The fourth-order valence-electron chi connectivity index (χ4n) is 0.351. The summed E-state index contributed by atoms with van der Waals surface area (Å²) in [6.45, 7) is 2.81. The molecule has 0 rings (SSSR count). The van der Waals surface area contributed by atoms with E-state index in [0.717, 1.165) is 0 Å². The molecule has 0 bridgehead atoms. The number of carbonyl (C=O) groups excluding carboxylic acids is 2. The van der Waals surface area contributed by atoms with E-state index in [1.54, 1.807) is 0 Å². The molecule has 0 aliphatic rings. The molecular formula is C5H8In2O2. The van der Waals surface area contributed by atoms with Crippen LogP contribution in [0.4, 0.5) is 0 Å². The van der Waals surface area contributed by atoms with E-state index in [1.165, 1.54) is 13.8 Å². The normalized spacial score (nSPS) is 6.44. The molecule has 6 radical (unpaired) electrons. The van der Waals surface area contributed by atoms with Gasteiger partial charge < -0.3 is 0 Å². The maximum absolute atomic E-state index is 10.0. The van der Waals surface area contributed by atoms with Gasteiger partial charge in [0.25, 0.3) is 0 Å². The van der Waals surface area contributed by atoms with E-state index in [-0.39, 0.29) is 69.7 Å². The van der Waals surface area contributed by atoms with Crippen molar-refractivity contribution in [2.75, 3.05) is 0 Å².